The normalized spacial score (nSPS) is 11.0. The van der Waals surface area contributed by atoms with E-state index in [1.165, 1.54) is 43.3 Å². The van der Waals surface area contributed by atoms with E-state index in [1.807, 2.05) is 31.2 Å². The molecule has 3 aromatic rings. The SMILES string of the molecule is CCOc1cccc(CNC(=O)c2ccc(NS(=O)(=O)c3ccc(C)c([N+](=O)[O-])c3)cc2)c1. The second-order valence-corrected chi connectivity index (χ2v) is 8.83. The molecule has 3 rings (SSSR count). The van der Waals surface area contributed by atoms with Crippen molar-refractivity contribution in [1.29, 1.82) is 0 Å². The molecule has 0 aliphatic heterocycles. The van der Waals surface area contributed by atoms with Gasteiger partial charge in [-0.25, -0.2) is 8.42 Å². The highest BCUT2D eigenvalue weighted by Crippen LogP contribution is 2.24. The van der Waals surface area contributed by atoms with Crippen molar-refractivity contribution in [2.45, 2.75) is 25.3 Å². The molecule has 2 N–H and O–H groups in total. The number of nitro groups is 1. The number of carbonyl (C=O) groups is 1. The number of benzene rings is 3. The van der Waals surface area contributed by atoms with Crippen molar-refractivity contribution in [2.24, 2.45) is 0 Å². The Morgan fingerprint density at radius 2 is 1.79 bits per heavy atom. The van der Waals surface area contributed by atoms with Crippen LogP contribution in [0.4, 0.5) is 11.4 Å². The number of sulfonamides is 1. The molecule has 0 bridgehead atoms. The highest BCUT2D eigenvalue weighted by molar-refractivity contribution is 7.92. The second-order valence-electron chi connectivity index (χ2n) is 7.15. The number of carbonyl (C=O) groups excluding carboxylic acids is 1. The van der Waals surface area contributed by atoms with Crippen molar-refractivity contribution in [3.8, 4) is 5.75 Å². The topological polar surface area (TPSA) is 128 Å². The van der Waals surface area contributed by atoms with E-state index in [0.29, 0.717) is 24.3 Å². The number of amides is 1. The van der Waals surface area contributed by atoms with E-state index in [4.69, 9.17) is 4.74 Å². The maximum Gasteiger partial charge on any atom is 0.273 e. The molecule has 33 heavy (non-hydrogen) atoms. The highest BCUT2D eigenvalue weighted by atomic mass is 32.2. The molecule has 0 saturated heterocycles. The van der Waals surface area contributed by atoms with Gasteiger partial charge in [0.15, 0.2) is 0 Å². The number of hydrogen-bond donors (Lipinski definition) is 2. The van der Waals surface area contributed by atoms with Crippen LogP contribution in [0.2, 0.25) is 0 Å². The number of ether oxygens (including phenoxy) is 1. The number of hydrogen-bond acceptors (Lipinski definition) is 6. The van der Waals surface area contributed by atoms with Crippen LogP contribution in [0.5, 0.6) is 5.75 Å². The molecule has 0 aliphatic carbocycles. The first-order valence-corrected chi connectivity index (χ1v) is 11.6. The van der Waals surface area contributed by atoms with Crippen molar-refractivity contribution in [2.75, 3.05) is 11.3 Å². The summed E-state index contributed by atoms with van der Waals surface area (Å²) in [6.45, 7) is 4.28. The molecular weight excluding hydrogens is 446 g/mol. The molecule has 0 saturated carbocycles. The fourth-order valence-electron chi connectivity index (χ4n) is 3.05. The zero-order valence-electron chi connectivity index (χ0n) is 18.1. The number of nitrogens with zero attached hydrogens (tertiary/aromatic N) is 1. The van der Waals surface area contributed by atoms with Crippen molar-refractivity contribution in [1.82, 2.24) is 5.32 Å². The number of anilines is 1. The number of rotatable bonds is 9. The van der Waals surface area contributed by atoms with Gasteiger partial charge in [0.05, 0.1) is 16.4 Å². The maximum absolute atomic E-state index is 12.6. The lowest BCUT2D eigenvalue weighted by atomic mass is 10.1. The van der Waals surface area contributed by atoms with Crippen molar-refractivity contribution in [3.63, 3.8) is 0 Å². The molecule has 0 aliphatic rings. The lowest BCUT2D eigenvalue weighted by molar-refractivity contribution is -0.385. The molecule has 1 amide bonds. The summed E-state index contributed by atoms with van der Waals surface area (Å²) in [5, 5.41) is 13.9. The molecule has 10 heteroatoms. The Kier molecular flexibility index (Phi) is 7.29. The van der Waals surface area contributed by atoms with Crippen LogP contribution >= 0.6 is 0 Å². The van der Waals surface area contributed by atoms with Gasteiger partial charge in [-0.3, -0.25) is 19.6 Å². The Morgan fingerprint density at radius 1 is 1.06 bits per heavy atom. The van der Waals surface area contributed by atoms with Crippen molar-refractivity contribution >= 4 is 27.3 Å². The van der Waals surface area contributed by atoms with Gasteiger partial charge in [-0.1, -0.05) is 18.2 Å². The Labute approximate surface area is 191 Å². The smallest absolute Gasteiger partial charge is 0.273 e. The molecule has 0 unspecified atom stereocenters. The third kappa shape index (κ3) is 6.07. The third-order valence-corrected chi connectivity index (χ3v) is 6.13. The minimum atomic E-state index is -4.04. The molecular formula is C23H23N3O6S. The van der Waals surface area contributed by atoms with E-state index in [9.17, 15) is 23.3 Å². The minimum Gasteiger partial charge on any atom is -0.494 e. The monoisotopic (exact) mass is 469 g/mol. The standard InChI is InChI=1S/C23H23N3O6S/c1-3-32-20-6-4-5-17(13-20)15-24-23(27)18-8-10-19(11-9-18)25-33(30,31)21-12-7-16(2)22(14-21)26(28)29/h4-14,25H,3,15H2,1-2H3,(H,24,27). The van der Waals surface area contributed by atoms with Crippen LogP contribution in [0, 0.1) is 17.0 Å². The Bertz CT molecular complexity index is 1270. The summed E-state index contributed by atoms with van der Waals surface area (Å²) in [5.41, 5.74) is 1.53. The van der Waals surface area contributed by atoms with E-state index in [1.54, 1.807) is 0 Å². The summed E-state index contributed by atoms with van der Waals surface area (Å²) >= 11 is 0. The molecule has 0 radical (unpaired) electrons. The quantitative estimate of drug-likeness (QED) is 0.360. The number of nitrogens with one attached hydrogen (secondary N) is 2. The van der Waals surface area contributed by atoms with Crippen LogP contribution in [-0.4, -0.2) is 25.9 Å². The Hall–Kier alpha value is -3.92. The number of aryl methyl sites for hydroxylation is 1. The van der Waals surface area contributed by atoms with Crippen LogP contribution in [0.15, 0.2) is 71.6 Å². The van der Waals surface area contributed by atoms with Crippen LogP contribution in [0.25, 0.3) is 0 Å². The van der Waals surface area contributed by atoms with E-state index < -0.39 is 14.9 Å². The lowest BCUT2D eigenvalue weighted by Gasteiger charge is -2.10. The van der Waals surface area contributed by atoms with Crippen molar-refractivity contribution in [3.05, 3.63) is 93.5 Å². The summed E-state index contributed by atoms with van der Waals surface area (Å²) in [6, 6.07) is 17.0. The number of nitro benzene ring substituents is 1. The van der Waals surface area contributed by atoms with Gasteiger partial charge in [0.2, 0.25) is 0 Å². The average Bonchev–Trinajstić information content (AvgIpc) is 2.78. The van der Waals surface area contributed by atoms with Crippen LogP contribution in [0.3, 0.4) is 0 Å². The molecule has 0 spiro atoms. The minimum absolute atomic E-state index is 0.221. The van der Waals surface area contributed by atoms with E-state index >= 15 is 0 Å². The van der Waals surface area contributed by atoms with Gasteiger partial charge in [-0.15, -0.1) is 0 Å². The molecule has 0 aromatic heterocycles. The maximum atomic E-state index is 12.6. The van der Waals surface area contributed by atoms with E-state index in [2.05, 4.69) is 10.0 Å². The van der Waals surface area contributed by atoms with Crippen LogP contribution in [0.1, 0.15) is 28.4 Å². The average molecular weight is 470 g/mol. The Balaban J connectivity index is 1.66. The van der Waals surface area contributed by atoms with Gasteiger partial charge in [-0.2, -0.15) is 0 Å². The summed E-state index contributed by atoms with van der Waals surface area (Å²) in [5.74, 6) is 0.403. The van der Waals surface area contributed by atoms with Crippen LogP contribution < -0.4 is 14.8 Å². The lowest BCUT2D eigenvalue weighted by Crippen LogP contribution is -2.22. The Morgan fingerprint density at radius 3 is 2.45 bits per heavy atom. The van der Waals surface area contributed by atoms with Gasteiger partial charge in [0.25, 0.3) is 21.6 Å². The zero-order chi connectivity index (χ0) is 24.0. The summed E-state index contributed by atoms with van der Waals surface area (Å²) in [4.78, 5) is 22.7. The first-order valence-electron chi connectivity index (χ1n) is 10.1. The highest BCUT2D eigenvalue weighted by Gasteiger charge is 2.20. The van der Waals surface area contributed by atoms with Crippen LogP contribution in [-0.2, 0) is 16.6 Å². The summed E-state index contributed by atoms with van der Waals surface area (Å²) in [7, 11) is -4.04. The van der Waals surface area contributed by atoms with Gasteiger partial charge >= 0.3 is 0 Å². The van der Waals surface area contributed by atoms with Gasteiger partial charge in [0, 0.05) is 29.4 Å². The fraction of sp³-hybridized carbons (Fsp3) is 0.174. The van der Waals surface area contributed by atoms with E-state index in [-0.39, 0.29) is 22.2 Å². The second kappa shape index (κ2) is 10.1. The van der Waals surface area contributed by atoms with Gasteiger partial charge in [-0.05, 0) is 61.9 Å². The summed E-state index contributed by atoms with van der Waals surface area (Å²) in [6.07, 6.45) is 0. The summed E-state index contributed by atoms with van der Waals surface area (Å²) < 4.78 is 33.0. The molecule has 172 valence electrons. The van der Waals surface area contributed by atoms with Gasteiger partial charge in [0.1, 0.15) is 5.75 Å². The fourth-order valence-corrected chi connectivity index (χ4v) is 4.13. The molecule has 0 heterocycles. The molecule has 3 aromatic carbocycles. The van der Waals surface area contributed by atoms with Gasteiger partial charge < -0.3 is 10.1 Å². The van der Waals surface area contributed by atoms with Crippen molar-refractivity contribution < 1.29 is 22.9 Å². The predicted octanol–water partition coefficient (Wildman–Crippen LogP) is 4.03. The predicted molar refractivity (Wildman–Crippen MR) is 124 cm³/mol. The van der Waals surface area contributed by atoms with E-state index in [0.717, 1.165) is 17.4 Å². The first-order chi connectivity index (χ1) is 15.7. The third-order valence-electron chi connectivity index (χ3n) is 4.75. The molecule has 0 atom stereocenters. The molecule has 9 nitrogen and oxygen atoms in total. The zero-order valence-corrected chi connectivity index (χ0v) is 18.9. The first kappa shape index (κ1) is 23.7. The largest absolute Gasteiger partial charge is 0.494 e. The molecule has 0 fully saturated rings.